The maximum absolute atomic E-state index is 12.2. The van der Waals surface area contributed by atoms with Crippen LogP contribution in [0.2, 0.25) is 5.02 Å². The molecule has 0 aliphatic carbocycles. The zero-order chi connectivity index (χ0) is 19.9. The monoisotopic (exact) mass is 411 g/mol. The Balaban J connectivity index is 1.95. The van der Waals surface area contributed by atoms with Gasteiger partial charge in [-0.15, -0.1) is 0 Å². The van der Waals surface area contributed by atoms with E-state index < -0.39 is 10.0 Å². The maximum Gasteiger partial charge on any atom is 0.240 e. The van der Waals surface area contributed by atoms with Gasteiger partial charge in [-0.2, -0.15) is 0 Å². The molecule has 148 valence electrons. The number of hydrogen-bond acceptors (Lipinski definition) is 3. The third-order valence-electron chi connectivity index (χ3n) is 3.89. The molecule has 27 heavy (non-hydrogen) atoms. The third-order valence-corrected chi connectivity index (χ3v) is 5.57. The Morgan fingerprint density at radius 1 is 1.30 bits per heavy atom. The first-order valence-electron chi connectivity index (χ1n) is 8.68. The second-order valence-corrected chi connectivity index (χ2v) is 8.27. The standard InChI is InChI=1S/C18H26ClN5O2S/c1-4-20-18(24(3)14-16-12-15(19)13-23(16)2)21-10-11-22-27(25,26)17-8-6-5-7-9-17/h5-9,12-13,22H,4,10-11,14H2,1-3H3,(H,20,21). The molecule has 1 aromatic heterocycles. The minimum Gasteiger partial charge on any atom is -0.357 e. The van der Waals surface area contributed by atoms with Crippen molar-refractivity contribution in [1.82, 2.24) is 19.5 Å². The Bertz CT molecular complexity index is 865. The van der Waals surface area contributed by atoms with E-state index in [1.807, 2.05) is 42.7 Å². The lowest BCUT2D eigenvalue weighted by atomic mass is 10.4. The molecule has 0 bridgehead atoms. The predicted octanol–water partition coefficient (Wildman–Crippen LogP) is 2.05. The molecular formula is C18H26ClN5O2S. The number of hydrogen-bond donors (Lipinski definition) is 2. The lowest BCUT2D eigenvalue weighted by molar-refractivity contribution is 0.462. The molecule has 2 rings (SSSR count). The van der Waals surface area contributed by atoms with Crippen molar-refractivity contribution in [2.75, 3.05) is 26.7 Å². The first kappa shape index (κ1) is 21.3. The van der Waals surface area contributed by atoms with Crippen LogP contribution in [0.25, 0.3) is 0 Å². The normalized spacial score (nSPS) is 12.2. The molecule has 0 aliphatic heterocycles. The van der Waals surface area contributed by atoms with E-state index in [-0.39, 0.29) is 11.4 Å². The molecule has 1 heterocycles. The smallest absolute Gasteiger partial charge is 0.240 e. The van der Waals surface area contributed by atoms with Gasteiger partial charge >= 0.3 is 0 Å². The zero-order valence-electron chi connectivity index (χ0n) is 15.8. The summed E-state index contributed by atoms with van der Waals surface area (Å²) < 4.78 is 29.0. The van der Waals surface area contributed by atoms with Crippen molar-refractivity contribution in [3.63, 3.8) is 0 Å². The maximum atomic E-state index is 12.2. The van der Waals surface area contributed by atoms with Crippen molar-refractivity contribution in [1.29, 1.82) is 0 Å². The molecule has 0 fully saturated rings. The number of guanidine groups is 1. The van der Waals surface area contributed by atoms with E-state index >= 15 is 0 Å². The number of rotatable bonds is 8. The van der Waals surface area contributed by atoms with Crippen LogP contribution in [-0.2, 0) is 23.6 Å². The molecule has 0 amide bonds. The highest BCUT2D eigenvalue weighted by molar-refractivity contribution is 7.89. The van der Waals surface area contributed by atoms with E-state index in [1.54, 1.807) is 30.3 Å². The van der Waals surface area contributed by atoms with Gasteiger partial charge in [0, 0.05) is 39.1 Å². The topological polar surface area (TPSA) is 78.7 Å². The van der Waals surface area contributed by atoms with Crippen LogP contribution < -0.4 is 10.0 Å². The fourth-order valence-electron chi connectivity index (χ4n) is 2.54. The van der Waals surface area contributed by atoms with Crippen LogP contribution in [0, 0.1) is 0 Å². The average molecular weight is 412 g/mol. The zero-order valence-corrected chi connectivity index (χ0v) is 17.4. The molecule has 0 atom stereocenters. The van der Waals surface area contributed by atoms with Crippen LogP contribution in [0.4, 0.5) is 0 Å². The van der Waals surface area contributed by atoms with Crippen LogP contribution in [0.3, 0.4) is 0 Å². The third kappa shape index (κ3) is 6.27. The SMILES string of the molecule is CCNC(=NCCNS(=O)(=O)c1ccccc1)N(C)Cc1cc(Cl)cn1C. The molecule has 0 saturated heterocycles. The van der Waals surface area contributed by atoms with Gasteiger partial charge in [0.05, 0.1) is 23.0 Å². The number of halogens is 1. The Labute approximate surface area is 166 Å². The quantitative estimate of drug-likeness (QED) is 0.396. The van der Waals surface area contributed by atoms with Crippen molar-refractivity contribution in [2.45, 2.75) is 18.4 Å². The number of aromatic nitrogens is 1. The van der Waals surface area contributed by atoms with Crippen molar-refractivity contribution in [2.24, 2.45) is 12.0 Å². The number of benzene rings is 1. The van der Waals surface area contributed by atoms with E-state index in [9.17, 15) is 8.42 Å². The van der Waals surface area contributed by atoms with Crippen molar-refractivity contribution >= 4 is 27.6 Å². The van der Waals surface area contributed by atoms with Crippen molar-refractivity contribution < 1.29 is 8.42 Å². The minimum atomic E-state index is -3.51. The van der Waals surface area contributed by atoms with Gasteiger partial charge in [0.15, 0.2) is 5.96 Å². The molecule has 0 unspecified atom stereocenters. The number of nitrogens with zero attached hydrogens (tertiary/aromatic N) is 3. The second-order valence-electron chi connectivity index (χ2n) is 6.06. The van der Waals surface area contributed by atoms with Crippen molar-refractivity contribution in [3.8, 4) is 0 Å². The Morgan fingerprint density at radius 3 is 2.59 bits per heavy atom. The molecule has 2 N–H and O–H groups in total. The van der Waals surface area contributed by atoms with Crippen LogP contribution in [0.15, 0.2) is 52.5 Å². The van der Waals surface area contributed by atoms with E-state index in [1.165, 1.54) is 0 Å². The second kappa shape index (κ2) is 9.77. The summed E-state index contributed by atoms with van der Waals surface area (Å²) in [5.41, 5.74) is 1.05. The first-order chi connectivity index (χ1) is 12.8. The number of aryl methyl sites for hydroxylation is 1. The van der Waals surface area contributed by atoms with Gasteiger partial charge < -0.3 is 14.8 Å². The molecule has 2 aromatic rings. The van der Waals surface area contributed by atoms with Crippen LogP contribution >= 0.6 is 11.6 Å². The molecule has 9 heteroatoms. The molecule has 0 aliphatic rings. The molecule has 1 aromatic carbocycles. The fourth-order valence-corrected chi connectivity index (χ4v) is 3.85. The molecule has 0 spiro atoms. The highest BCUT2D eigenvalue weighted by atomic mass is 35.5. The fraction of sp³-hybridized carbons (Fsp3) is 0.389. The highest BCUT2D eigenvalue weighted by Crippen LogP contribution is 2.14. The van der Waals surface area contributed by atoms with E-state index in [0.29, 0.717) is 30.6 Å². The molecule has 7 nitrogen and oxygen atoms in total. The van der Waals surface area contributed by atoms with E-state index in [4.69, 9.17) is 11.6 Å². The predicted molar refractivity (Wildman–Crippen MR) is 109 cm³/mol. The summed E-state index contributed by atoms with van der Waals surface area (Å²) >= 11 is 6.04. The summed E-state index contributed by atoms with van der Waals surface area (Å²) in [5.74, 6) is 0.703. The summed E-state index contributed by atoms with van der Waals surface area (Å²) in [6.45, 7) is 3.88. The summed E-state index contributed by atoms with van der Waals surface area (Å²) in [6.07, 6.45) is 1.85. The van der Waals surface area contributed by atoms with E-state index in [0.717, 1.165) is 5.69 Å². The summed E-state index contributed by atoms with van der Waals surface area (Å²) in [6, 6.07) is 10.2. The summed E-state index contributed by atoms with van der Waals surface area (Å²) in [4.78, 5) is 6.73. The van der Waals surface area contributed by atoms with Gasteiger partial charge in [0.2, 0.25) is 10.0 Å². The van der Waals surface area contributed by atoms with Gasteiger partial charge in [-0.1, -0.05) is 29.8 Å². The summed E-state index contributed by atoms with van der Waals surface area (Å²) in [5, 5.41) is 3.91. The molecular weight excluding hydrogens is 386 g/mol. The van der Waals surface area contributed by atoms with Crippen molar-refractivity contribution in [3.05, 3.63) is 53.3 Å². The number of nitrogens with one attached hydrogen (secondary N) is 2. The largest absolute Gasteiger partial charge is 0.357 e. The van der Waals surface area contributed by atoms with Crippen LogP contribution in [-0.4, -0.2) is 50.5 Å². The Hall–Kier alpha value is -2.03. The van der Waals surface area contributed by atoms with Crippen LogP contribution in [0.1, 0.15) is 12.6 Å². The molecule has 0 saturated carbocycles. The van der Waals surface area contributed by atoms with E-state index in [2.05, 4.69) is 15.0 Å². The first-order valence-corrected chi connectivity index (χ1v) is 10.5. The highest BCUT2D eigenvalue weighted by Gasteiger charge is 2.13. The Morgan fingerprint density at radius 2 is 2.00 bits per heavy atom. The van der Waals surface area contributed by atoms with Gasteiger partial charge in [-0.3, -0.25) is 4.99 Å². The Kier molecular flexibility index (Phi) is 7.70. The minimum absolute atomic E-state index is 0.218. The van der Waals surface area contributed by atoms with Crippen LogP contribution in [0.5, 0.6) is 0 Å². The lowest BCUT2D eigenvalue weighted by Gasteiger charge is -2.22. The lowest BCUT2D eigenvalue weighted by Crippen LogP contribution is -2.39. The average Bonchev–Trinajstić information content (AvgIpc) is 2.95. The van der Waals surface area contributed by atoms with Gasteiger partial charge in [0.1, 0.15) is 0 Å². The van der Waals surface area contributed by atoms with Gasteiger partial charge in [0.25, 0.3) is 0 Å². The summed E-state index contributed by atoms with van der Waals surface area (Å²) in [7, 11) is 0.356. The molecule has 0 radical (unpaired) electrons. The number of sulfonamides is 1. The number of aliphatic imine (C=N–C) groups is 1. The van der Waals surface area contributed by atoms with Gasteiger partial charge in [-0.25, -0.2) is 13.1 Å². The van der Waals surface area contributed by atoms with Gasteiger partial charge in [-0.05, 0) is 25.1 Å².